The molecule has 4 nitrogen and oxygen atoms in total. The van der Waals surface area contributed by atoms with Gasteiger partial charge in [-0.1, -0.05) is 31.8 Å². The van der Waals surface area contributed by atoms with Gasteiger partial charge in [0.1, 0.15) is 12.5 Å². The van der Waals surface area contributed by atoms with E-state index in [9.17, 15) is 0 Å². The van der Waals surface area contributed by atoms with Crippen molar-refractivity contribution in [3.05, 3.63) is 35.7 Å². The van der Waals surface area contributed by atoms with Crippen LogP contribution in [-0.4, -0.2) is 31.6 Å². The van der Waals surface area contributed by atoms with Gasteiger partial charge in [0.15, 0.2) is 0 Å². The Hall–Kier alpha value is -1.59. The number of nitrogens with zero attached hydrogens (tertiary/aromatic N) is 2. The van der Waals surface area contributed by atoms with Gasteiger partial charge in [0.2, 0.25) is 0 Å². The Labute approximate surface area is 140 Å². The second-order valence-electron chi connectivity index (χ2n) is 7.12. The Balaban J connectivity index is 2.09. The molecule has 0 unspecified atom stereocenters. The predicted molar refractivity (Wildman–Crippen MR) is 97.8 cm³/mol. The van der Waals surface area contributed by atoms with E-state index in [1.165, 1.54) is 11.6 Å². The number of benzene rings is 1. The molecule has 0 amide bonds. The van der Waals surface area contributed by atoms with Crippen LogP contribution in [0.15, 0.2) is 24.3 Å². The van der Waals surface area contributed by atoms with Crippen molar-refractivity contribution in [1.82, 2.24) is 9.78 Å². The van der Waals surface area contributed by atoms with Crippen molar-refractivity contribution in [3.8, 4) is 16.9 Å². The van der Waals surface area contributed by atoms with Crippen LogP contribution in [0, 0.1) is 13.8 Å². The molecule has 1 heterocycles. The van der Waals surface area contributed by atoms with Gasteiger partial charge in [-0.2, -0.15) is 5.10 Å². The van der Waals surface area contributed by atoms with Crippen LogP contribution in [0.2, 0.25) is 25.7 Å². The van der Waals surface area contributed by atoms with Crippen LogP contribution < -0.4 is 4.74 Å². The number of rotatable bonds is 7. The van der Waals surface area contributed by atoms with Gasteiger partial charge in [-0.25, -0.2) is 4.68 Å². The highest BCUT2D eigenvalue weighted by molar-refractivity contribution is 6.76. The minimum absolute atomic E-state index is 0.521. The third-order valence-corrected chi connectivity index (χ3v) is 5.67. The monoisotopic (exact) mass is 332 g/mol. The maximum atomic E-state index is 5.83. The average molecular weight is 333 g/mol. The zero-order chi connectivity index (χ0) is 17.0. The van der Waals surface area contributed by atoms with E-state index >= 15 is 0 Å². The minimum atomic E-state index is -1.04. The Morgan fingerprint density at radius 3 is 2.30 bits per heavy atom. The quantitative estimate of drug-likeness (QED) is 0.554. The van der Waals surface area contributed by atoms with Gasteiger partial charge >= 0.3 is 0 Å². The van der Waals surface area contributed by atoms with E-state index in [-0.39, 0.29) is 0 Å². The second-order valence-corrected chi connectivity index (χ2v) is 12.7. The smallest absolute Gasteiger partial charge is 0.139 e. The van der Waals surface area contributed by atoms with Crippen LogP contribution in [0.25, 0.3) is 11.1 Å². The standard InChI is InChI=1S/C18H28N2O2Si/c1-14-18(16-7-9-17(21-3)10-8-16)15(2)20(19-14)13-22-11-12-23(4,5)6/h7-10H,11-13H2,1-6H3. The van der Waals surface area contributed by atoms with Crippen molar-refractivity contribution in [3.63, 3.8) is 0 Å². The normalized spacial score (nSPS) is 11.7. The second kappa shape index (κ2) is 7.32. The third-order valence-electron chi connectivity index (χ3n) is 3.97. The summed E-state index contributed by atoms with van der Waals surface area (Å²) in [5.74, 6) is 0.867. The molecule has 0 bridgehead atoms. The van der Waals surface area contributed by atoms with E-state index in [0.29, 0.717) is 6.73 Å². The summed E-state index contributed by atoms with van der Waals surface area (Å²) in [6, 6.07) is 9.29. The molecule has 0 radical (unpaired) electrons. The lowest BCUT2D eigenvalue weighted by molar-refractivity contribution is 0.0770. The summed E-state index contributed by atoms with van der Waals surface area (Å²) in [5.41, 5.74) is 4.51. The maximum Gasteiger partial charge on any atom is 0.139 e. The van der Waals surface area contributed by atoms with Crippen LogP contribution in [0.5, 0.6) is 5.75 Å². The van der Waals surface area contributed by atoms with Crippen molar-refractivity contribution >= 4 is 8.07 Å². The summed E-state index contributed by atoms with van der Waals surface area (Å²) in [6.45, 7) is 12.6. The van der Waals surface area contributed by atoms with Gasteiger partial charge in [0.25, 0.3) is 0 Å². The topological polar surface area (TPSA) is 36.3 Å². The van der Waals surface area contributed by atoms with Crippen LogP contribution in [0.3, 0.4) is 0 Å². The molecule has 5 heteroatoms. The van der Waals surface area contributed by atoms with E-state index in [4.69, 9.17) is 9.47 Å². The fourth-order valence-corrected chi connectivity index (χ4v) is 3.28. The van der Waals surface area contributed by atoms with Gasteiger partial charge in [-0.3, -0.25) is 0 Å². The molecular weight excluding hydrogens is 304 g/mol. The number of ether oxygens (including phenoxy) is 2. The number of hydrogen-bond acceptors (Lipinski definition) is 3. The molecule has 1 aromatic heterocycles. The van der Waals surface area contributed by atoms with Crippen LogP contribution in [0.4, 0.5) is 0 Å². The number of hydrogen-bond donors (Lipinski definition) is 0. The predicted octanol–water partition coefficient (Wildman–Crippen LogP) is 4.49. The highest BCUT2D eigenvalue weighted by Gasteiger charge is 2.15. The Kier molecular flexibility index (Phi) is 5.65. The van der Waals surface area contributed by atoms with Gasteiger partial charge in [-0.15, -0.1) is 0 Å². The first kappa shape index (κ1) is 17.8. The van der Waals surface area contributed by atoms with Crippen molar-refractivity contribution in [1.29, 1.82) is 0 Å². The fourth-order valence-electron chi connectivity index (χ4n) is 2.53. The molecule has 0 spiro atoms. The van der Waals surface area contributed by atoms with E-state index in [0.717, 1.165) is 29.3 Å². The van der Waals surface area contributed by atoms with E-state index in [1.54, 1.807) is 7.11 Å². The Morgan fingerprint density at radius 1 is 1.09 bits per heavy atom. The van der Waals surface area contributed by atoms with E-state index in [1.807, 2.05) is 23.7 Å². The summed E-state index contributed by atoms with van der Waals surface area (Å²) in [7, 11) is 0.639. The molecule has 0 atom stereocenters. The summed E-state index contributed by atoms with van der Waals surface area (Å²) in [4.78, 5) is 0. The molecule has 0 fully saturated rings. The van der Waals surface area contributed by atoms with Gasteiger partial charge in [-0.05, 0) is 37.6 Å². The molecule has 2 rings (SSSR count). The zero-order valence-corrected chi connectivity index (χ0v) is 16.1. The van der Waals surface area contributed by atoms with Crippen LogP contribution in [-0.2, 0) is 11.5 Å². The summed E-state index contributed by atoms with van der Waals surface area (Å²) < 4.78 is 13.0. The third kappa shape index (κ3) is 4.69. The highest BCUT2D eigenvalue weighted by Crippen LogP contribution is 2.28. The van der Waals surface area contributed by atoms with Crippen molar-refractivity contribution < 1.29 is 9.47 Å². The Morgan fingerprint density at radius 2 is 1.74 bits per heavy atom. The fraction of sp³-hybridized carbons (Fsp3) is 0.500. The first-order valence-corrected chi connectivity index (χ1v) is 11.8. The lowest BCUT2D eigenvalue weighted by Crippen LogP contribution is -2.22. The SMILES string of the molecule is COc1ccc(-c2c(C)nn(COCC[Si](C)(C)C)c2C)cc1. The van der Waals surface area contributed by atoms with Crippen molar-refractivity contribution in [2.75, 3.05) is 13.7 Å². The summed E-state index contributed by atoms with van der Waals surface area (Å²) in [6.07, 6.45) is 0. The Bertz CT molecular complexity index is 642. The molecular formula is C18H28N2O2Si. The van der Waals surface area contributed by atoms with Crippen LogP contribution >= 0.6 is 0 Å². The lowest BCUT2D eigenvalue weighted by Gasteiger charge is -2.15. The first-order chi connectivity index (χ1) is 10.8. The minimum Gasteiger partial charge on any atom is -0.497 e. The zero-order valence-electron chi connectivity index (χ0n) is 15.1. The van der Waals surface area contributed by atoms with E-state index < -0.39 is 8.07 Å². The van der Waals surface area contributed by atoms with Crippen LogP contribution in [0.1, 0.15) is 11.4 Å². The molecule has 0 aliphatic carbocycles. The van der Waals surface area contributed by atoms with Crippen molar-refractivity contribution in [2.45, 2.75) is 46.3 Å². The average Bonchev–Trinajstić information content (AvgIpc) is 2.77. The maximum absolute atomic E-state index is 5.83. The summed E-state index contributed by atoms with van der Waals surface area (Å²) in [5, 5.41) is 4.63. The lowest BCUT2D eigenvalue weighted by atomic mass is 10.0. The van der Waals surface area contributed by atoms with Gasteiger partial charge < -0.3 is 9.47 Å². The molecule has 0 aliphatic heterocycles. The van der Waals surface area contributed by atoms with Crippen molar-refractivity contribution in [2.24, 2.45) is 0 Å². The summed E-state index contributed by atoms with van der Waals surface area (Å²) >= 11 is 0. The van der Waals surface area contributed by atoms with E-state index in [2.05, 4.69) is 43.8 Å². The highest BCUT2D eigenvalue weighted by atomic mass is 28.3. The molecule has 0 saturated heterocycles. The molecule has 0 aliphatic rings. The molecule has 126 valence electrons. The number of methoxy groups -OCH3 is 1. The number of aryl methyl sites for hydroxylation is 1. The van der Waals surface area contributed by atoms with Gasteiger partial charge in [0.05, 0.1) is 12.8 Å². The largest absolute Gasteiger partial charge is 0.497 e. The molecule has 23 heavy (non-hydrogen) atoms. The molecule has 1 aromatic carbocycles. The molecule has 0 N–H and O–H groups in total. The molecule has 0 saturated carbocycles. The van der Waals surface area contributed by atoms with Gasteiger partial charge in [0, 0.05) is 25.9 Å². The first-order valence-electron chi connectivity index (χ1n) is 8.08. The number of aromatic nitrogens is 2. The molecule has 2 aromatic rings.